The van der Waals surface area contributed by atoms with E-state index < -0.39 is 22.3 Å². The Morgan fingerprint density at radius 1 is 1.29 bits per heavy atom. The van der Waals surface area contributed by atoms with Crippen molar-refractivity contribution in [3.8, 4) is 0 Å². The van der Waals surface area contributed by atoms with Gasteiger partial charge in [0.1, 0.15) is 5.82 Å². The molecule has 0 unspecified atom stereocenters. The molecule has 21 heavy (non-hydrogen) atoms. The summed E-state index contributed by atoms with van der Waals surface area (Å²) in [6, 6.07) is 9.23. The minimum Gasteiger partial charge on any atom is -0.392 e. The molecule has 0 aliphatic carbocycles. The van der Waals surface area contributed by atoms with Crippen LogP contribution in [0.5, 0.6) is 0 Å². The van der Waals surface area contributed by atoms with E-state index in [9.17, 15) is 19.3 Å². The molecule has 2 rings (SSSR count). The van der Waals surface area contributed by atoms with Gasteiger partial charge in [-0.25, -0.2) is 4.39 Å². The van der Waals surface area contributed by atoms with Crippen molar-refractivity contribution in [3.63, 3.8) is 0 Å². The number of nitro benzene ring substituents is 1. The maximum atomic E-state index is 13.7. The average molecular weight is 290 g/mol. The highest BCUT2D eigenvalue weighted by atomic mass is 19.1. The molecular formula is C14H11FN2O4. The molecular weight excluding hydrogens is 279 g/mol. The van der Waals surface area contributed by atoms with Gasteiger partial charge in [-0.3, -0.25) is 14.9 Å². The van der Waals surface area contributed by atoms with E-state index in [2.05, 4.69) is 5.32 Å². The number of benzene rings is 2. The van der Waals surface area contributed by atoms with Crippen LogP contribution >= 0.6 is 0 Å². The van der Waals surface area contributed by atoms with Crippen molar-refractivity contribution < 1.29 is 19.2 Å². The van der Waals surface area contributed by atoms with Crippen LogP contribution in [0.4, 0.5) is 15.8 Å². The fraction of sp³-hybridized carbons (Fsp3) is 0.0714. The molecule has 0 heterocycles. The molecule has 0 aliphatic rings. The van der Waals surface area contributed by atoms with E-state index in [1.54, 1.807) is 24.3 Å². The summed E-state index contributed by atoms with van der Waals surface area (Å²) in [5, 5.41) is 22.0. The second kappa shape index (κ2) is 6.10. The Morgan fingerprint density at radius 3 is 2.67 bits per heavy atom. The SMILES string of the molecule is O=C(Nc1cccc(CO)c1)c1ccc([N+](=O)[O-])cc1F. The number of nitro groups is 1. The molecule has 2 aromatic rings. The highest BCUT2D eigenvalue weighted by Crippen LogP contribution is 2.18. The van der Waals surface area contributed by atoms with Crippen LogP contribution in [0.15, 0.2) is 42.5 Å². The maximum Gasteiger partial charge on any atom is 0.272 e. The van der Waals surface area contributed by atoms with Gasteiger partial charge in [0.05, 0.1) is 23.2 Å². The quantitative estimate of drug-likeness (QED) is 0.668. The molecule has 0 saturated carbocycles. The molecule has 2 aromatic carbocycles. The Balaban J connectivity index is 2.22. The Hall–Kier alpha value is -2.80. The van der Waals surface area contributed by atoms with E-state index in [0.29, 0.717) is 17.3 Å². The van der Waals surface area contributed by atoms with Crippen LogP contribution in [0.1, 0.15) is 15.9 Å². The third kappa shape index (κ3) is 3.40. The summed E-state index contributed by atoms with van der Waals surface area (Å²) >= 11 is 0. The number of nitrogens with zero attached hydrogens (tertiary/aromatic N) is 1. The summed E-state index contributed by atoms with van der Waals surface area (Å²) in [4.78, 5) is 21.7. The summed E-state index contributed by atoms with van der Waals surface area (Å²) in [7, 11) is 0. The second-order valence-electron chi connectivity index (χ2n) is 4.23. The monoisotopic (exact) mass is 290 g/mol. The predicted molar refractivity (Wildman–Crippen MR) is 73.4 cm³/mol. The van der Waals surface area contributed by atoms with E-state index in [1.807, 2.05) is 0 Å². The molecule has 0 spiro atoms. The standard InChI is InChI=1S/C14H11FN2O4/c15-13-7-11(17(20)21)4-5-12(13)14(19)16-10-3-1-2-9(6-10)8-18/h1-7,18H,8H2,(H,16,19). The molecule has 1 amide bonds. The van der Waals surface area contributed by atoms with Gasteiger partial charge in [0.25, 0.3) is 11.6 Å². The van der Waals surface area contributed by atoms with Crippen LogP contribution in [0.25, 0.3) is 0 Å². The van der Waals surface area contributed by atoms with Crippen LogP contribution in [0.2, 0.25) is 0 Å². The van der Waals surface area contributed by atoms with Gasteiger partial charge in [-0.05, 0) is 23.8 Å². The van der Waals surface area contributed by atoms with Crippen molar-refractivity contribution in [1.82, 2.24) is 0 Å². The van der Waals surface area contributed by atoms with Crippen molar-refractivity contribution >= 4 is 17.3 Å². The van der Waals surface area contributed by atoms with Gasteiger partial charge in [-0.2, -0.15) is 0 Å². The minimum absolute atomic E-state index is 0.185. The van der Waals surface area contributed by atoms with Crippen LogP contribution in [-0.4, -0.2) is 15.9 Å². The van der Waals surface area contributed by atoms with E-state index >= 15 is 0 Å². The fourth-order valence-corrected chi connectivity index (χ4v) is 1.75. The van der Waals surface area contributed by atoms with Gasteiger partial charge < -0.3 is 10.4 Å². The zero-order valence-electron chi connectivity index (χ0n) is 10.7. The maximum absolute atomic E-state index is 13.7. The summed E-state index contributed by atoms with van der Waals surface area (Å²) < 4.78 is 13.7. The number of non-ortho nitro benzene ring substituents is 1. The lowest BCUT2D eigenvalue weighted by Crippen LogP contribution is -2.14. The number of aliphatic hydroxyl groups excluding tert-OH is 1. The fourth-order valence-electron chi connectivity index (χ4n) is 1.75. The first kappa shape index (κ1) is 14.6. The first-order valence-electron chi connectivity index (χ1n) is 5.96. The third-order valence-corrected chi connectivity index (χ3v) is 2.78. The van der Waals surface area contributed by atoms with Crippen LogP contribution in [0, 0.1) is 15.9 Å². The van der Waals surface area contributed by atoms with E-state index in [-0.39, 0.29) is 12.2 Å². The molecule has 2 N–H and O–H groups in total. The molecule has 0 saturated heterocycles. The Morgan fingerprint density at radius 2 is 2.05 bits per heavy atom. The number of rotatable bonds is 4. The number of carbonyl (C=O) groups is 1. The number of amides is 1. The number of halogens is 1. The smallest absolute Gasteiger partial charge is 0.272 e. The number of anilines is 1. The average Bonchev–Trinajstić information content (AvgIpc) is 2.47. The van der Waals surface area contributed by atoms with Gasteiger partial charge in [-0.1, -0.05) is 12.1 Å². The largest absolute Gasteiger partial charge is 0.392 e. The normalized spacial score (nSPS) is 10.2. The highest BCUT2D eigenvalue weighted by Gasteiger charge is 2.16. The molecule has 6 nitrogen and oxygen atoms in total. The van der Waals surface area contributed by atoms with Crippen molar-refractivity contribution in [2.45, 2.75) is 6.61 Å². The molecule has 0 radical (unpaired) electrons. The molecule has 0 aromatic heterocycles. The predicted octanol–water partition coefficient (Wildman–Crippen LogP) is 2.48. The van der Waals surface area contributed by atoms with Crippen LogP contribution in [-0.2, 0) is 6.61 Å². The highest BCUT2D eigenvalue weighted by molar-refractivity contribution is 6.04. The van der Waals surface area contributed by atoms with Crippen LogP contribution < -0.4 is 5.32 Å². The number of aliphatic hydroxyl groups is 1. The summed E-state index contributed by atoms with van der Waals surface area (Å²) in [6.07, 6.45) is 0. The van der Waals surface area contributed by atoms with Crippen LogP contribution in [0.3, 0.4) is 0 Å². The lowest BCUT2D eigenvalue weighted by Gasteiger charge is -2.07. The van der Waals surface area contributed by atoms with Gasteiger partial charge in [0.15, 0.2) is 0 Å². The van der Waals surface area contributed by atoms with Crippen molar-refractivity contribution in [3.05, 3.63) is 69.5 Å². The number of carbonyl (C=O) groups excluding carboxylic acids is 1. The summed E-state index contributed by atoms with van der Waals surface area (Å²) in [6.45, 7) is -0.185. The van der Waals surface area contributed by atoms with Crippen molar-refractivity contribution in [2.75, 3.05) is 5.32 Å². The van der Waals surface area contributed by atoms with Gasteiger partial charge in [0, 0.05) is 11.8 Å². The Bertz CT molecular complexity index is 703. The molecule has 108 valence electrons. The Labute approximate surface area is 119 Å². The van der Waals surface area contributed by atoms with E-state index in [0.717, 1.165) is 12.1 Å². The third-order valence-electron chi connectivity index (χ3n) is 2.78. The summed E-state index contributed by atoms with van der Waals surface area (Å²) in [5.41, 5.74) is 0.266. The van der Waals surface area contributed by atoms with Gasteiger partial charge in [-0.15, -0.1) is 0 Å². The summed E-state index contributed by atoms with van der Waals surface area (Å²) in [5.74, 6) is -1.70. The zero-order valence-corrected chi connectivity index (χ0v) is 10.7. The minimum atomic E-state index is -0.972. The zero-order chi connectivity index (χ0) is 15.4. The lowest BCUT2D eigenvalue weighted by molar-refractivity contribution is -0.385. The molecule has 7 heteroatoms. The molecule has 0 atom stereocenters. The van der Waals surface area contributed by atoms with E-state index in [1.165, 1.54) is 0 Å². The first-order valence-corrected chi connectivity index (χ1v) is 5.96. The van der Waals surface area contributed by atoms with Gasteiger partial charge in [0.2, 0.25) is 0 Å². The molecule has 0 bridgehead atoms. The topological polar surface area (TPSA) is 92.5 Å². The first-order chi connectivity index (χ1) is 10.0. The van der Waals surface area contributed by atoms with Crippen molar-refractivity contribution in [2.24, 2.45) is 0 Å². The number of hydrogen-bond acceptors (Lipinski definition) is 4. The van der Waals surface area contributed by atoms with E-state index in [4.69, 9.17) is 5.11 Å². The molecule has 0 aliphatic heterocycles. The number of hydrogen-bond donors (Lipinski definition) is 2. The number of nitrogens with one attached hydrogen (secondary N) is 1. The van der Waals surface area contributed by atoms with Gasteiger partial charge >= 0.3 is 0 Å². The Kier molecular flexibility index (Phi) is 4.24. The van der Waals surface area contributed by atoms with Crippen molar-refractivity contribution in [1.29, 1.82) is 0 Å². The molecule has 0 fully saturated rings. The second-order valence-corrected chi connectivity index (χ2v) is 4.23. The lowest BCUT2D eigenvalue weighted by atomic mass is 10.1.